The summed E-state index contributed by atoms with van der Waals surface area (Å²) in [7, 11) is 1.65. The number of nitrogens with zero attached hydrogens (tertiary/aromatic N) is 2. The molecule has 0 aliphatic carbocycles. The summed E-state index contributed by atoms with van der Waals surface area (Å²) in [5.41, 5.74) is 14.8. The molecule has 0 saturated carbocycles. The van der Waals surface area contributed by atoms with Gasteiger partial charge in [0, 0.05) is 11.9 Å². The Morgan fingerprint density at radius 1 is 0.957 bits per heavy atom. The number of methoxy groups -OCH3 is 1. The van der Waals surface area contributed by atoms with Gasteiger partial charge in [0.25, 0.3) is 0 Å². The van der Waals surface area contributed by atoms with Gasteiger partial charge >= 0.3 is 0 Å². The first-order chi connectivity index (χ1) is 11.0. The molecule has 0 saturated heterocycles. The average Bonchev–Trinajstić information content (AvgIpc) is 2.54. The first kappa shape index (κ1) is 17.0. The fourth-order valence-corrected chi connectivity index (χ4v) is 2.39. The molecule has 2 rings (SSSR count). The predicted molar refractivity (Wildman–Crippen MR) is 96.5 cm³/mol. The van der Waals surface area contributed by atoms with Gasteiger partial charge in [-0.15, -0.1) is 0 Å². The van der Waals surface area contributed by atoms with Gasteiger partial charge in [0.05, 0.1) is 25.1 Å². The molecule has 2 unspecified atom stereocenters. The molecule has 23 heavy (non-hydrogen) atoms. The topological polar surface area (TPSA) is 76.9 Å². The second-order valence-corrected chi connectivity index (χ2v) is 5.44. The maximum atomic E-state index is 5.97. The lowest BCUT2D eigenvalue weighted by atomic mass is 10.2. The number of benzene rings is 2. The van der Waals surface area contributed by atoms with Gasteiger partial charge in [-0.1, -0.05) is 0 Å². The van der Waals surface area contributed by atoms with Gasteiger partial charge < -0.3 is 21.1 Å². The molecule has 5 heteroatoms. The molecule has 0 aliphatic heterocycles. The number of aliphatic imine (C=N–C) groups is 1. The standard InChI is InChI=1S/C18H24N4O/c1-13(19)22(14(2)20)17-8-6-16(7-9-17)21-12-15-4-10-18(23-3)11-5-15/h4-14H,19-20H2,1-3H3. The van der Waals surface area contributed by atoms with Crippen molar-refractivity contribution in [2.24, 2.45) is 16.5 Å². The van der Waals surface area contributed by atoms with Crippen molar-refractivity contribution in [1.82, 2.24) is 0 Å². The Morgan fingerprint density at radius 2 is 1.52 bits per heavy atom. The largest absolute Gasteiger partial charge is 0.497 e. The minimum atomic E-state index is -0.149. The molecule has 0 bridgehead atoms. The molecule has 4 N–H and O–H groups in total. The van der Waals surface area contributed by atoms with Crippen LogP contribution in [0.1, 0.15) is 19.4 Å². The summed E-state index contributed by atoms with van der Waals surface area (Å²) in [5.74, 6) is 0.832. The van der Waals surface area contributed by atoms with Crippen LogP contribution in [-0.2, 0) is 0 Å². The van der Waals surface area contributed by atoms with Gasteiger partial charge in [-0.3, -0.25) is 4.99 Å². The van der Waals surface area contributed by atoms with E-state index >= 15 is 0 Å². The van der Waals surface area contributed by atoms with Gasteiger partial charge in [-0.05, 0) is 67.9 Å². The van der Waals surface area contributed by atoms with Crippen molar-refractivity contribution in [2.75, 3.05) is 12.0 Å². The highest BCUT2D eigenvalue weighted by molar-refractivity contribution is 5.82. The van der Waals surface area contributed by atoms with Crippen molar-refractivity contribution in [3.63, 3.8) is 0 Å². The summed E-state index contributed by atoms with van der Waals surface area (Å²) in [6.45, 7) is 3.83. The van der Waals surface area contributed by atoms with E-state index in [1.165, 1.54) is 0 Å². The van der Waals surface area contributed by atoms with E-state index < -0.39 is 0 Å². The lowest BCUT2D eigenvalue weighted by molar-refractivity contribution is 0.415. The molecule has 5 nitrogen and oxygen atoms in total. The van der Waals surface area contributed by atoms with Crippen LogP contribution in [-0.4, -0.2) is 25.7 Å². The fraction of sp³-hybridized carbons (Fsp3) is 0.278. The minimum absolute atomic E-state index is 0.149. The number of hydrogen-bond donors (Lipinski definition) is 2. The van der Waals surface area contributed by atoms with Crippen molar-refractivity contribution in [1.29, 1.82) is 0 Å². The number of ether oxygens (including phenoxy) is 1. The van der Waals surface area contributed by atoms with Crippen LogP contribution >= 0.6 is 0 Å². The van der Waals surface area contributed by atoms with Crippen LogP contribution in [0.4, 0.5) is 11.4 Å². The second kappa shape index (κ2) is 7.76. The summed E-state index contributed by atoms with van der Waals surface area (Å²) in [4.78, 5) is 6.43. The summed E-state index contributed by atoms with van der Waals surface area (Å²) < 4.78 is 5.14. The normalized spacial score (nSPS) is 13.8. The highest BCUT2D eigenvalue weighted by atomic mass is 16.5. The lowest BCUT2D eigenvalue weighted by Crippen LogP contribution is -2.49. The van der Waals surface area contributed by atoms with E-state index in [1.807, 2.05) is 73.5 Å². The van der Waals surface area contributed by atoms with E-state index in [0.717, 1.165) is 22.7 Å². The zero-order valence-corrected chi connectivity index (χ0v) is 13.8. The van der Waals surface area contributed by atoms with Gasteiger partial charge in [0.2, 0.25) is 0 Å². The Kier molecular flexibility index (Phi) is 5.73. The van der Waals surface area contributed by atoms with E-state index in [0.29, 0.717) is 0 Å². The molecule has 0 amide bonds. The third-order valence-electron chi connectivity index (χ3n) is 3.50. The monoisotopic (exact) mass is 312 g/mol. The van der Waals surface area contributed by atoms with Crippen LogP contribution in [0.2, 0.25) is 0 Å². The van der Waals surface area contributed by atoms with Gasteiger partial charge in [0.15, 0.2) is 0 Å². The Morgan fingerprint density at radius 3 is 2.00 bits per heavy atom. The molecule has 0 spiro atoms. The lowest BCUT2D eigenvalue weighted by Gasteiger charge is -2.32. The molecule has 122 valence electrons. The van der Waals surface area contributed by atoms with E-state index in [-0.39, 0.29) is 12.3 Å². The van der Waals surface area contributed by atoms with Crippen LogP contribution < -0.4 is 21.1 Å². The molecular weight excluding hydrogens is 288 g/mol. The van der Waals surface area contributed by atoms with Gasteiger partial charge in [-0.25, -0.2) is 0 Å². The molecule has 2 aromatic carbocycles. The molecule has 2 aromatic rings. The molecule has 0 radical (unpaired) electrons. The highest BCUT2D eigenvalue weighted by Crippen LogP contribution is 2.21. The average molecular weight is 312 g/mol. The SMILES string of the molecule is COc1ccc(C=Nc2ccc(N(C(C)N)C(C)N)cc2)cc1. The van der Waals surface area contributed by atoms with E-state index in [1.54, 1.807) is 7.11 Å². The Bertz CT molecular complexity index is 625. The predicted octanol–water partition coefficient (Wildman–Crippen LogP) is 2.86. The fourth-order valence-electron chi connectivity index (χ4n) is 2.39. The maximum Gasteiger partial charge on any atom is 0.118 e. The Balaban J connectivity index is 2.11. The van der Waals surface area contributed by atoms with Gasteiger partial charge in [0.1, 0.15) is 5.75 Å². The molecular formula is C18H24N4O. The Hall–Kier alpha value is -2.37. The van der Waals surface area contributed by atoms with Crippen LogP contribution in [0.25, 0.3) is 0 Å². The third kappa shape index (κ3) is 4.55. The number of hydrogen-bond acceptors (Lipinski definition) is 5. The minimum Gasteiger partial charge on any atom is -0.497 e. The molecule has 0 fully saturated rings. The van der Waals surface area contributed by atoms with E-state index in [4.69, 9.17) is 16.2 Å². The van der Waals surface area contributed by atoms with Crippen molar-refractivity contribution in [2.45, 2.75) is 26.2 Å². The number of nitrogens with two attached hydrogens (primary N) is 2. The van der Waals surface area contributed by atoms with Crippen molar-refractivity contribution in [3.8, 4) is 5.75 Å². The first-order valence-corrected chi connectivity index (χ1v) is 7.59. The highest BCUT2D eigenvalue weighted by Gasteiger charge is 2.14. The third-order valence-corrected chi connectivity index (χ3v) is 3.50. The maximum absolute atomic E-state index is 5.97. The summed E-state index contributed by atoms with van der Waals surface area (Å²) in [5, 5.41) is 0. The van der Waals surface area contributed by atoms with Gasteiger partial charge in [-0.2, -0.15) is 0 Å². The van der Waals surface area contributed by atoms with Crippen molar-refractivity contribution in [3.05, 3.63) is 54.1 Å². The molecule has 2 atom stereocenters. The zero-order chi connectivity index (χ0) is 16.8. The second-order valence-electron chi connectivity index (χ2n) is 5.44. The first-order valence-electron chi connectivity index (χ1n) is 7.59. The molecule has 0 aliphatic rings. The van der Waals surface area contributed by atoms with Crippen LogP contribution in [0, 0.1) is 0 Å². The van der Waals surface area contributed by atoms with E-state index in [9.17, 15) is 0 Å². The van der Waals surface area contributed by atoms with Crippen molar-refractivity contribution < 1.29 is 4.74 Å². The smallest absolute Gasteiger partial charge is 0.118 e. The van der Waals surface area contributed by atoms with Crippen LogP contribution in [0.5, 0.6) is 5.75 Å². The Labute approximate surface area is 137 Å². The van der Waals surface area contributed by atoms with Crippen LogP contribution in [0.3, 0.4) is 0 Å². The summed E-state index contributed by atoms with van der Waals surface area (Å²) in [6, 6.07) is 15.6. The van der Waals surface area contributed by atoms with Crippen LogP contribution in [0.15, 0.2) is 53.5 Å². The number of rotatable bonds is 6. The zero-order valence-electron chi connectivity index (χ0n) is 13.8. The summed E-state index contributed by atoms with van der Waals surface area (Å²) >= 11 is 0. The molecule has 0 aromatic heterocycles. The summed E-state index contributed by atoms with van der Waals surface area (Å²) in [6.07, 6.45) is 1.52. The van der Waals surface area contributed by atoms with E-state index in [2.05, 4.69) is 4.99 Å². The number of anilines is 1. The quantitative estimate of drug-likeness (QED) is 0.635. The van der Waals surface area contributed by atoms with Crippen molar-refractivity contribution >= 4 is 17.6 Å². The molecule has 0 heterocycles.